The fourth-order valence-electron chi connectivity index (χ4n) is 3.14. The van der Waals surface area contributed by atoms with Gasteiger partial charge in [-0.15, -0.1) is 0 Å². The Labute approximate surface area is 119 Å². The molecular weight excluding hydrogens is 248 g/mol. The van der Waals surface area contributed by atoms with Crippen molar-refractivity contribution in [2.45, 2.75) is 36.9 Å². The minimum Gasteiger partial charge on any atom is -0.366 e. The first-order valence-electron chi connectivity index (χ1n) is 7.02. The first-order chi connectivity index (χ1) is 9.62. The molecule has 1 aliphatic carbocycles. The molecule has 0 spiro atoms. The van der Waals surface area contributed by atoms with Crippen LogP contribution in [0.25, 0.3) is 0 Å². The van der Waals surface area contributed by atoms with Gasteiger partial charge in [0.15, 0.2) is 5.79 Å². The van der Waals surface area contributed by atoms with Crippen molar-refractivity contribution in [2.24, 2.45) is 0 Å². The molecule has 0 saturated heterocycles. The topological polar surface area (TPSA) is 40.5 Å². The fraction of sp³-hybridized carbons (Fsp3) is 0.333. The van der Waals surface area contributed by atoms with Gasteiger partial charge in [0.1, 0.15) is 0 Å². The Kier molecular flexibility index (Phi) is 3.36. The predicted molar refractivity (Wildman–Crippen MR) is 77.0 cm³/mol. The monoisotopic (exact) mass is 266 g/mol. The smallest absolute Gasteiger partial charge is 0.162 e. The van der Waals surface area contributed by atoms with E-state index in [1.165, 1.54) is 0 Å². The first-order valence-corrected chi connectivity index (χ1v) is 7.02. The summed E-state index contributed by atoms with van der Waals surface area (Å²) in [5, 5.41) is 19.7. The number of aliphatic hydroxyl groups is 2. The standard InChI is InChI=1S/C18H18O2/c19-18(20)13-11-17(12-14-18,15-7-3-1-4-8-15)16-9-5-2-6-10-16/h1-7,9,19-20H,11-14H2. The quantitative estimate of drug-likeness (QED) is 0.821. The molecule has 2 aromatic rings. The van der Waals surface area contributed by atoms with Gasteiger partial charge in [-0.3, -0.25) is 0 Å². The third-order valence-corrected chi connectivity index (χ3v) is 4.35. The van der Waals surface area contributed by atoms with Crippen molar-refractivity contribution in [2.75, 3.05) is 0 Å². The Hall–Kier alpha value is -1.64. The maximum absolute atomic E-state index is 9.84. The van der Waals surface area contributed by atoms with Crippen molar-refractivity contribution >= 4 is 0 Å². The van der Waals surface area contributed by atoms with Gasteiger partial charge in [0.2, 0.25) is 0 Å². The van der Waals surface area contributed by atoms with E-state index in [0.29, 0.717) is 25.7 Å². The highest BCUT2D eigenvalue weighted by molar-refractivity contribution is 5.38. The zero-order valence-electron chi connectivity index (χ0n) is 11.3. The summed E-state index contributed by atoms with van der Waals surface area (Å²) in [6.45, 7) is 0. The van der Waals surface area contributed by atoms with Crippen LogP contribution in [0.3, 0.4) is 0 Å². The van der Waals surface area contributed by atoms with Crippen molar-refractivity contribution < 1.29 is 10.2 Å². The number of benzene rings is 2. The third kappa shape index (κ3) is 2.37. The van der Waals surface area contributed by atoms with Gasteiger partial charge in [0, 0.05) is 18.3 Å². The summed E-state index contributed by atoms with van der Waals surface area (Å²) in [6.07, 6.45) is 2.14. The van der Waals surface area contributed by atoms with Crippen molar-refractivity contribution in [3.63, 3.8) is 0 Å². The van der Waals surface area contributed by atoms with Gasteiger partial charge >= 0.3 is 0 Å². The van der Waals surface area contributed by atoms with E-state index in [-0.39, 0.29) is 5.41 Å². The lowest BCUT2D eigenvalue weighted by molar-refractivity contribution is -0.186. The zero-order chi connectivity index (χ0) is 14.1. The van der Waals surface area contributed by atoms with Crippen molar-refractivity contribution in [3.05, 3.63) is 71.8 Å². The van der Waals surface area contributed by atoms with Crippen LogP contribution in [0.1, 0.15) is 36.8 Å². The molecule has 3 rings (SSSR count). The highest BCUT2D eigenvalue weighted by Gasteiger charge is 2.43. The summed E-state index contributed by atoms with van der Waals surface area (Å²) in [4.78, 5) is 0. The Bertz CT molecular complexity index is 509. The van der Waals surface area contributed by atoms with Crippen LogP contribution >= 0.6 is 0 Å². The molecule has 0 aromatic heterocycles. The normalized spacial score (nSPS) is 20.5. The van der Waals surface area contributed by atoms with Gasteiger partial charge in [-0.2, -0.15) is 0 Å². The molecule has 2 aromatic carbocycles. The molecule has 1 saturated carbocycles. The maximum Gasteiger partial charge on any atom is 0.162 e. The van der Waals surface area contributed by atoms with E-state index in [4.69, 9.17) is 0 Å². The molecule has 0 unspecified atom stereocenters. The molecular formula is C18H18O2. The third-order valence-electron chi connectivity index (χ3n) is 4.35. The van der Waals surface area contributed by atoms with Gasteiger partial charge in [0.25, 0.3) is 0 Å². The summed E-state index contributed by atoms with van der Waals surface area (Å²) in [7, 11) is 0. The second-order valence-electron chi connectivity index (χ2n) is 5.62. The number of hydrogen-bond donors (Lipinski definition) is 2. The summed E-state index contributed by atoms with van der Waals surface area (Å²) < 4.78 is 0. The average Bonchev–Trinajstić information content (AvgIpc) is 2.50. The van der Waals surface area contributed by atoms with Crippen LogP contribution in [0, 0.1) is 12.1 Å². The van der Waals surface area contributed by atoms with Crippen LogP contribution in [-0.2, 0) is 5.41 Å². The minimum atomic E-state index is -1.53. The number of rotatable bonds is 2. The van der Waals surface area contributed by atoms with Crippen LogP contribution < -0.4 is 0 Å². The summed E-state index contributed by atoms with van der Waals surface area (Å²) >= 11 is 0. The Morgan fingerprint density at radius 2 is 1.25 bits per heavy atom. The molecule has 1 aliphatic rings. The van der Waals surface area contributed by atoms with Crippen LogP contribution in [0.4, 0.5) is 0 Å². The molecule has 20 heavy (non-hydrogen) atoms. The summed E-state index contributed by atoms with van der Waals surface area (Å²) in [6, 6.07) is 22.6. The van der Waals surface area contributed by atoms with Gasteiger partial charge in [-0.05, 0) is 36.1 Å². The summed E-state index contributed by atoms with van der Waals surface area (Å²) in [5.41, 5.74) is 2.01. The predicted octanol–water partition coefficient (Wildman–Crippen LogP) is 2.83. The minimum absolute atomic E-state index is 0.211. The van der Waals surface area contributed by atoms with Crippen molar-refractivity contribution in [1.29, 1.82) is 0 Å². The molecule has 2 N–H and O–H groups in total. The zero-order valence-corrected chi connectivity index (χ0v) is 11.3. The molecule has 2 radical (unpaired) electrons. The van der Waals surface area contributed by atoms with E-state index >= 15 is 0 Å². The fourth-order valence-corrected chi connectivity index (χ4v) is 3.14. The summed E-state index contributed by atoms with van der Waals surface area (Å²) in [5.74, 6) is -1.53. The van der Waals surface area contributed by atoms with Crippen LogP contribution in [0.2, 0.25) is 0 Å². The number of hydrogen-bond acceptors (Lipinski definition) is 2. The van der Waals surface area contributed by atoms with E-state index in [9.17, 15) is 10.2 Å². The molecule has 0 amide bonds. The van der Waals surface area contributed by atoms with E-state index in [1.807, 2.05) is 36.4 Å². The second-order valence-corrected chi connectivity index (χ2v) is 5.62. The van der Waals surface area contributed by atoms with E-state index in [2.05, 4.69) is 24.3 Å². The van der Waals surface area contributed by atoms with Gasteiger partial charge in [-0.1, -0.05) is 48.5 Å². The Balaban J connectivity index is 2.06. The van der Waals surface area contributed by atoms with E-state index in [0.717, 1.165) is 11.1 Å². The van der Waals surface area contributed by atoms with Crippen molar-refractivity contribution in [1.82, 2.24) is 0 Å². The second kappa shape index (κ2) is 5.04. The Morgan fingerprint density at radius 1 is 0.750 bits per heavy atom. The van der Waals surface area contributed by atoms with Crippen LogP contribution in [0.15, 0.2) is 48.5 Å². The first kappa shape index (κ1) is 13.3. The SMILES string of the molecule is OC1(O)CCC(c2[c]cccc2)(c2[c]cccc2)CC1. The lowest BCUT2D eigenvalue weighted by atomic mass is 9.64. The molecule has 0 aliphatic heterocycles. The highest BCUT2D eigenvalue weighted by atomic mass is 16.5. The maximum atomic E-state index is 9.84. The molecule has 102 valence electrons. The van der Waals surface area contributed by atoms with E-state index in [1.54, 1.807) is 0 Å². The lowest BCUT2D eigenvalue weighted by Gasteiger charge is -2.42. The molecule has 2 heteroatoms. The van der Waals surface area contributed by atoms with Crippen LogP contribution in [0.5, 0.6) is 0 Å². The highest BCUT2D eigenvalue weighted by Crippen LogP contribution is 2.46. The average molecular weight is 266 g/mol. The molecule has 0 heterocycles. The van der Waals surface area contributed by atoms with E-state index < -0.39 is 5.79 Å². The van der Waals surface area contributed by atoms with Crippen molar-refractivity contribution in [3.8, 4) is 0 Å². The van der Waals surface area contributed by atoms with Gasteiger partial charge in [-0.25, -0.2) is 0 Å². The molecule has 2 nitrogen and oxygen atoms in total. The van der Waals surface area contributed by atoms with Gasteiger partial charge in [0.05, 0.1) is 0 Å². The Morgan fingerprint density at radius 3 is 1.65 bits per heavy atom. The molecule has 0 atom stereocenters. The largest absolute Gasteiger partial charge is 0.366 e. The lowest BCUT2D eigenvalue weighted by Crippen LogP contribution is -2.41. The molecule has 0 bridgehead atoms. The van der Waals surface area contributed by atoms with Crippen LogP contribution in [-0.4, -0.2) is 16.0 Å². The molecule has 1 fully saturated rings. The van der Waals surface area contributed by atoms with Gasteiger partial charge < -0.3 is 10.2 Å².